The first-order valence-corrected chi connectivity index (χ1v) is 10.2. The van der Waals surface area contributed by atoms with Crippen molar-refractivity contribution in [2.75, 3.05) is 43.6 Å². The van der Waals surface area contributed by atoms with Crippen LogP contribution in [0.4, 0.5) is 11.8 Å². The highest BCUT2D eigenvalue weighted by Crippen LogP contribution is 2.30. The number of thiocarbonyl (C=S) groups is 1. The number of nitrogens with one attached hydrogen (secondary N) is 2. The van der Waals surface area contributed by atoms with Gasteiger partial charge in [0.05, 0.1) is 7.11 Å². The van der Waals surface area contributed by atoms with Gasteiger partial charge in [-0.05, 0) is 49.2 Å². The summed E-state index contributed by atoms with van der Waals surface area (Å²) in [6.07, 6.45) is 3.60. The molecule has 0 spiro atoms. The van der Waals surface area contributed by atoms with Crippen molar-refractivity contribution in [2.24, 2.45) is 0 Å². The van der Waals surface area contributed by atoms with E-state index < -0.39 is 0 Å². The van der Waals surface area contributed by atoms with Gasteiger partial charge in [-0.2, -0.15) is 9.97 Å². The summed E-state index contributed by atoms with van der Waals surface area (Å²) >= 11 is 5.42. The highest BCUT2D eigenvalue weighted by Gasteiger charge is 2.16. The Bertz CT molecular complexity index is 873. The number of fused-ring (bicyclic) bond motifs is 1. The van der Waals surface area contributed by atoms with Crippen molar-refractivity contribution in [1.29, 1.82) is 0 Å². The van der Waals surface area contributed by atoms with E-state index in [1.165, 1.54) is 19.3 Å². The number of hydrogen-bond acceptors (Lipinski definition) is 7. The van der Waals surface area contributed by atoms with Crippen molar-refractivity contribution >= 4 is 29.1 Å². The van der Waals surface area contributed by atoms with Gasteiger partial charge < -0.3 is 29.7 Å². The summed E-state index contributed by atoms with van der Waals surface area (Å²) in [5, 5.41) is 6.69. The van der Waals surface area contributed by atoms with Crippen LogP contribution in [-0.4, -0.2) is 48.5 Å². The minimum absolute atomic E-state index is 0.421. The largest absolute Gasteiger partial charge is 0.486 e. The van der Waals surface area contributed by atoms with E-state index in [0.717, 1.165) is 36.0 Å². The van der Waals surface area contributed by atoms with Crippen LogP contribution in [0.2, 0.25) is 0 Å². The predicted octanol–water partition coefficient (Wildman–Crippen LogP) is 2.73. The average Bonchev–Trinajstić information content (AvgIpc) is 2.78. The fourth-order valence-electron chi connectivity index (χ4n) is 3.38. The molecule has 29 heavy (non-hydrogen) atoms. The molecule has 0 saturated carbocycles. The fraction of sp³-hybridized carbons (Fsp3) is 0.450. The Morgan fingerprint density at radius 2 is 1.90 bits per heavy atom. The molecule has 0 radical (unpaired) electrons. The molecule has 0 amide bonds. The summed E-state index contributed by atoms with van der Waals surface area (Å²) in [5.74, 6) is 3.32. The van der Waals surface area contributed by atoms with Crippen LogP contribution < -0.4 is 29.7 Å². The summed E-state index contributed by atoms with van der Waals surface area (Å²) in [5.41, 5.74) is 1.04. The first kappa shape index (κ1) is 19.5. The number of benzene rings is 1. The Labute approximate surface area is 175 Å². The lowest BCUT2D eigenvalue weighted by Crippen LogP contribution is -2.31. The highest BCUT2D eigenvalue weighted by molar-refractivity contribution is 7.80. The van der Waals surface area contributed by atoms with E-state index in [9.17, 15) is 0 Å². The molecule has 2 aliphatic rings. The topological polar surface area (TPSA) is 80.8 Å². The second-order valence-electron chi connectivity index (χ2n) is 6.93. The van der Waals surface area contributed by atoms with Crippen LogP contribution in [0.25, 0.3) is 0 Å². The van der Waals surface area contributed by atoms with Crippen molar-refractivity contribution in [3.8, 4) is 17.4 Å². The summed E-state index contributed by atoms with van der Waals surface area (Å²) < 4.78 is 16.5. The maximum absolute atomic E-state index is 5.62. The van der Waals surface area contributed by atoms with Crippen molar-refractivity contribution < 1.29 is 14.2 Å². The zero-order chi connectivity index (χ0) is 20.1. The van der Waals surface area contributed by atoms with Crippen molar-refractivity contribution in [1.82, 2.24) is 15.3 Å². The molecule has 1 aromatic carbocycles. The van der Waals surface area contributed by atoms with Gasteiger partial charge in [0, 0.05) is 25.7 Å². The number of rotatable bonds is 5. The van der Waals surface area contributed by atoms with E-state index in [2.05, 4.69) is 25.5 Å². The Morgan fingerprint density at radius 1 is 1.10 bits per heavy atom. The van der Waals surface area contributed by atoms with Gasteiger partial charge in [-0.15, -0.1) is 0 Å². The number of piperidine rings is 1. The smallest absolute Gasteiger partial charge is 0.234 e. The number of aromatic nitrogens is 2. The van der Waals surface area contributed by atoms with Crippen LogP contribution in [-0.2, 0) is 6.54 Å². The first-order valence-electron chi connectivity index (χ1n) is 9.83. The number of methoxy groups -OCH3 is 1. The lowest BCUT2D eigenvalue weighted by Gasteiger charge is -2.28. The molecule has 3 heterocycles. The lowest BCUT2D eigenvalue weighted by atomic mass is 10.1. The third kappa shape index (κ3) is 4.97. The number of nitrogens with zero attached hydrogens (tertiary/aromatic N) is 3. The van der Waals surface area contributed by atoms with Crippen molar-refractivity contribution in [3.63, 3.8) is 0 Å². The van der Waals surface area contributed by atoms with E-state index >= 15 is 0 Å². The molecule has 4 rings (SSSR count). The Morgan fingerprint density at radius 3 is 2.69 bits per heavy atom. The van der Waals surface area contributed by atoms with Crippen LogP contribution in [0.15, 0.2) is 24.3 Å². The Balaban J connectivity index is 1.38. The third-order valence-electron chi connectivity index (χ3n) is 4.86. The fourth-order valence-corrected chi connectivity index (χ4v) is 3.55. The van der Waals surface area contributed by atoms with Crippen LogP contribution in [0, 0.1) is 0 Å². The molecule has 9 heteroatoms. The molecular weight excluding hydrogens is 390 g/mol. The second kappa shape index (κ2) is 9.13. The summed E-state index contributed by atoms with van der Waals surface area (Å²) in [6, 6.07) is 7.72. The monoisotopic (exact) mass is 415 g/mol. The number of hydrogen-bond donors (Lipinski definition) is 2. The minimum atomic E-state index is 0.421. The molecular formula is C20H25N5O3S. The molecule has 1 aromatic heterocycles. The zero-order valence-electron chi connectivity index (χ0n) is 16.4. The summed E-state index contributed by atoms with van der Waals surface area (Å²) in [6.45, 7) is 3.68. The van der Waals surface area contributed by atoms with Gasteiger partial charge >= 0.3 is 0 Å². The van der Waals surface area contributed by atoms with Crippen molar-refractivity contribution in [2.45, 2.75) is 25.8 Å². The van der Waals surface area contributed by atoms with Crippen LogP contribution in [0.5, 0.6) is 17.4 Å². The third-order valence-corrected chi connectivity index (χ3v) is 5.11. The molecule has 2 aromatic rings. The molecule has 1 fully saturated rings. The molecule has 2 N–H and O–H groups in total. The summed E-state index contributed by atoms with van der Waals surface area (Å²) in [7, 11) is 1.60. The van der Waals surface area contributed by atoms with Gasteiger partial charge in [0.25, 0.3) is 0 Å². The zero-order valence-corrected chi connectivity index (χ0v) is 17.3. The van der Waals surface area contributed by atoms with E-state index in [1.807, 2.05) is 24.3 Å². The normalized spacial score (nSPS) is 15.6. The molecule has 0 aliphatic carbocycles. The van der Waals surface area contributed by atoms with Gasteiger partial charge in [0.15, 0.2) is 16.6 Å². The van der Waals surface area contributed by atoms with Crippen LogP contribution >= 0.6 is 12.2 Å². The quantitative estimate of drug-likeness (QED) is 0.717. The molecule has 0 atom stereocenters. The summed E-state index contributed by atoms with van der Waals surface area (Å²) in [4.78, 5) is 11.2. The maximum Gasteiger partial charge on any atom is 0.234 e. The minimum Gasteiger partial charge on any atom is -0.486 e. The van der Waals surface area contributed by atoms with E-state index in [0.29, 0.717) is 36.7 Å². The van der Waals surface area contributed by atoms with Gasteiger partial charge in [-0.3, -0.25) is 0 Å². The van der Waals surface area contributed by atoms with E-state index in [1.54, 1.807) is 7.11 Å². The predicted molar refractivity (Wildman–Crippen MR) is 115 cm³/mol. The molecule has 154 valence electrons. The molecule has 8 nitrogen and oxygen atoms in total. The second-order valence-corrected chi connectivity index (χ2v) is 7.33. The van der Waals surface area contributed by atoms with E-state index in [-0.39, 0.29) is 0 Å². The lowest BCUT2D eigenvalue weighted by molar-refractivity contribution is 0.171. The molecule has 1 saturated heterocycles. The van der Waals surface area contributed by atoms with Crippen LogP contribution in [0.1, 0.15) is 24.8 Å². The highest BCUT2D eigenvalue weighted by atomic mass is 32.1. The number of anilines is 2. The van der Waals surface area contributed by atoms with Gasteiger partial charge in [-0.25, -0.2) is 0 Å². The SMILES string of the molecule is COc1cc(N2CCCCC2)nc(NC(=S)NCc2ccc3c(c2)OCCO3)n1. The van der Waals surface area contributed by atoms with Crippen LogP contribution in [0.3, 0.4) is 0 Å². The average molecular weight is 416 g/mol. The van der Waals surface area contributed by atoms with Gasteiger partial charge in [0.2, 0.25) is 11.8 Å². The van der Waals surface area contributed by atoms with E-state index in [4.69, 9.17) is 26.4 Å². The van der Waals surface area contributed by atoms with Gasteiger partial charge in [0.1, 0.15) is 19.0 Å². The van der Waals surface area contributed by atoms with Crippen molar-refractivity contribution in [3.05, 3.63) is 29.8 Å². The van der Waals surface area contributed by atoms with Gasteiger partial charge in [-0.1, -0.05) is 6.07 Å². The molecule has 2 aliphatic heterocycles. The Hall–Kier alpha value is -2.81. The first-order chi connectivity index (χ1) is 14.2. The maximum atomic E-state index is 5.62. The number of ether oxygens (including phenoxy) is 3. The molecule has 0 unspecified atom stereocenters. The molecule has 0 bridgehead atoms. The Kier molecular flexibility index (Phi) is 6.14. The standard InChI is InChI=1S/C20H25N5O3S/c1-26-18-12-17(25-7-3-2-4-8-25)22-19(23-18)24-20(29)21-13-14-5-6-15-16(11-14)28-10-9-27-15/h5-6,11-12H,2-4,7-10,13H2,1H3,(H2,21,22,23,24,29).